The molecule has 1 aliphatic carbocycles. The van der Waals surface area contributed by atoms with E-state index in [0.717, 1.165) is 19.3 Å². The molecule has 4 aliphatic rings. The number of hydrogen-bond donors (Lipinski definition) is 19. The van der Waals surface area contributed by atoms with Crippen LogP contribution in [-0.4, -0.2) is 276 Å². The third-order valence-electron chi connectivity index (χ3n) is 13.7. The number of ether oxygens (including phenoxy) is 6. The lowest BCUT2D eigenvalue weighted by Crippen LogP contribution is -2.68. The first-order valence-electron chi connectivity index (χ1n) is 29.4. The Hall–Kier alpha value is -5.69. The van der Waals surface area contributed by atoms with E-state index < -0.39 is 189 Å². The van der Waals surface area contributed by atoms with E-state index in [4.69, 9.17) is 122 Å². The quantitative estimate of drug-likeness (QED) is 0.0462. The van der Waals surface area contributed by atoms with E-state index in [0.29, 0.717) is 6.42 Å². The molecule has 25 N–H and O–H groups in total. The molecule has 4 rings (SSSR count). The molecule has 19 unspecified atom stereocenters. The zero-order valence-corrected chi connectivity index (χ0v) is 52.6. The van der Waals surface area contributed by atoms with Crippen molar-refractivity contribution in [2.24, 2.45) is 34.4 Å². The number of nitrogens with two attached hydrogens (primary N) is 6. The smallest absolute Gasteiger partial charge is 0.475 e. The molecule has 50 heteroatoms. The highest BCUT2D eigenvalue weighted by atomic mass is 19.4. The van der Waals surface area contributed by atoms with Gasteiger partial charge >= 0.3 is 72.9 Å². The molecule has 32 nitrogen and oxygen atoms in total. The van der Waals surface area contributed by atoms with Gasteiger partial charge in [0.25, 0.3) is 0 Å². The van der Waals surface area contributed by atoms with Crippen LogP contribution >= 0.6 is 0 Å². The van der Waals surface area contributed by atoms with Crippen molar-refractivity contribution in [3.05, 3.63) is 0 Å². The standard InChI is InChI=1S/C39H77N7O13.6C2HF3O2/c1-2-3-4-5-6-7-8-9-10-11-12-13-14-15-25(47)46-19-24-35(58-38-27(45)32(52)30(50)23(18-41)55-38)33(53)39(56-24)59-36-28(48)20(42)16-21(43)34(36)57-37-26(44)31(51)29(49)22(17-40)54-37;6*3-2(4,5)1(6)7/h20-24,26-39,48-53H,2-19,40-45H2,1H3,(H,46,47);6*(H,6,7). The number of aliphatic hydroxyl groups excluding tert-OH is 6. The number of carboxylic acids is 6. The number of carboxylic acid groups (broad SMARTS) is 6. The van der Waals surface area contributed by atoms with Crippen molar-refractivity contribution in [1.82, 2.24) is 5.32 Å². The molecule has 1 saturated carbocycles. The molecule has 3 aliphatic heterocycles. The summed E-state index contributed by atoms with van der Waals surface area (Å²) < 4.78 is 227. The second kappa shape index (κ2) is 46.2. The average Bonchev–Trinajstić information content (AvgIpc) is 1.77. The fourth-order valence-electron chi connectivity index (χ4n) is 8.37. The minimum atomic E-state index is -5.08. The maximum atomic E-state index is 13.0. The van der Waals surface area contributed by atoms with Gasteiger partial charge in [-0.1, -0.05) is 84.0 Å². The predicted molar refractivity (Wildman–Crippen MR) is 297 cm³/mol. The molecule has 598 valence electrons. The maximum absolute atomic E-state index is 13.0. The van der Waals surface area contributed by atoms with Crippen molar-refractivity contribution in [3.8, 4) is 0 Å². The number of hydrogen-bond acceptors (Lipinski definition) is 25. The summed E-state index contributed by atoms with van der Waals surface area (Å²) in [6.45, 7) is 1.76. The van der Waals surface area contributed by atoms with Crippen LogP contribution in [0.1, 0.15) is 103 Å². The van der Waals surface area contributed by atoms with E-state index in [1.165, 1.54) is 57.8 Å². The van der Waals surface area contributed by atoms with E-state index in [-0.39, 0.29) is 38.4 Å². The first-order chi connectivity index (χ1) is 45.9. The molecular weight excluding hydrogens is 1450 g/mol. The first-order valence-corrected chi connectivity index (χ1v) is 29.4. The SMILES string of the molecule is CCCCCCCCCCCCCCCC(=O)NCC1OC(OC2C(O)C(N)CC(N)C2OC2OC(CN)C(O)C(O)C2N)C(O)C1OC1OC(CN)C(O)C(O)C1N.O=C(O)C(F)(F)F.O=C(O)C(F)(F)F.O=C(O)C(F)(F)F.O=C(O)C(F)(F)F.O=C(O)C(F)(F)F.O=C(O)C(F)(F)F. The molecule has 0 aromatic heterocycles. The molecule has 3 saturated heterocycles. The number of amides is 1. The normalized spacial score (nSPS) is 29.0. The Kier molecular flexibility index (Phi) is 45.5. The number of rotatable bonds is 24. The molecular formula is C51H83F18N7O25. The van der Waals surface area contributed by atoms with Gasteiger partial charge in [-0.05, 0) is 12.8 Å². The molecule has 0 bridgehead atoms. The predicted octanol–water partition coefficient (Wildman–Crippen LogP) is 0.510. The number of alkyl halides is 18. The van der Waals surface area contributed by atoms with Gasteiger partial charge in [0.2, 0.25) is 5.91 Å². The fourth-order valence-corrected chi connectivity index (χ4v) is 8.37. The van der Waals surface area contributed by atoms with Crippen LogP contribution in [0.2, 0.25) is 0 Å². The van der Waals surface area contributed by atoms with Crippen LogP contribution in [0.15, 0.2) is 0 Å². The Morgan fingerprint density at radius 3 is 0.931 bits per heavy atom. The van der Waals surface area contributed by atoms with E-state index in [1.807, 2.05) is 0 Å². The van der Waals surface area contributed by atoms with Crippen molar-refractivity contribution >= 4 is 41.7 Å². The zero-order chi connectivity index (χ0) is 79.7. The van der Waals surface area contributed by atoms with Gasteiger partial charge < -0.3 is 129 Å². The van der Waals surface area contributed by atoms with Crippen molar-refractivity contribution in [1.29, 1.82) is 0 Å². The van der Waals surface area contributed by atoms with Crippen molar-refractivity contribution in [2.75, 3.05) is 19.6 Å². The highest BCUT2D eigenvalue weighted by Crippen LogP contribution is 2.35. The number of carbonyl (C=O) groups excluding carboxylic acids is 1. The Labute approximate surface area is 559 Å². The summed E-state index contributed by atoms with van der Waals surface area (Å²) in [6.07, 6.45) is -34.7. The van der Waals surface area contributed by atoms with Crippen LogP contribution in [0.4, 0.5) is 79.0 Å². The van der Waals surface area contributed by atoms with Crippen LogP contribution in [0.5, 0.6) is 0 Å². The lowest BCUT2D eigenvalue weighted by molar-refractivity contribution is -0.306. The van der Waals surface area contributed by atoms with E-state index >= 15 is 0 Å². The summed E-state index contributed by atoms with van der Waals surface area (Å²) >= 11 is 0. The lowest BCUT2D eigenvalue weighted by Gasteiger charge is -2.47. The lowest BCUT2D eigenvalue weighted by atomic mass is 9.84. The zero-order valence-electron chi connectivity index (χ0n) is 52.6. The van der Waals surface area contributed by atoms with Crippen LogP contribution < -0.4 is 39.7 Å². The van der Waals surface area contributed by atoms with Gasteiger partial charge in [-0.25, -0.2) is 28.8 Å². The number of aliphatic hydroxyl groups is 6. The Morgan fingerprint density at radius 2 is 0.644 bits per heavy atom. The summed E-state index contributed by atoms with van der Waals surface area (Å²) in [5.74, 6) is -16.8. The van der Waals surface area contributed by atoms with Gasteiger partial charge in [0.05, 0.1) is 18.2 Å². The van der Waals surface area contributed by atoms with Crippen LogP contribution in [0.25, 0.3) is 0 Å². The molecule has 1 amide bonds. The minimum Gasteiger partial charge on any atom is -0.475 e. The van der Waals surface area contributed by atoms with E-state index in [1.54, 1.807) is 0 Å². The summed E-state index contributed by atoms with van der Waals surface area (Å²) in [6, 6.07) is -4.25. The molecule has 0 aromatic carbocycles. The first kappa shape index (κ1) is 99.5. The average molecular weight is 1540 g/mol. The topological polar surface area (TPSA) is 586 Å². The Balaban J connectivity index is -0.00000182. The fraction of sp³-hybridized carbons (Fsp3) is 0.863. The van der Waals surface area contributed by atoms with Gasteiger partial charge in [-0.15, -0.1) is 0 Å². The number of nitrogens with one attached hydrogen (secondary N) is 1. The van der Waals surface area contributed by atoms with Crippen LogP contribution in [0.3, 0.4) is 0 Å². The Bertz CT molecular complexity index is 2240. The van der Waals surface area contributed by atoms with E-state index in [9.17, 15) is 114 Å². The molecule has 0 aromatic rings. The monoisotopic (exact) mass is 1540 g/mol. The van der Waals surface area contributed by atoms with Gasteiger partial charge in [0.15, 0.2) is 18.9 Å². The van der Waals surface area contributed by atoms with Crippen molar-refractivity contribution in [3.63, 3.8) is 0 Å². The minimum absolute atomic E-state index is 0.0836. The van der Waals surface area contributed by atoms with Crippen LogP contribution in [-0.2, 0) is 62.0 Å². The van der Waals surface area contributed by atoms with Crippen molar-refractivity contribution < 1.29 is 202 Å². The molecule has 101 heavy (non-hydrogen) atoms. The number of unbranched alkanes of at least 4 members (excludes halogenated alkanes) is 12. The highest BCUT2D eigenvalue weighted by Gasteiger charge is 2.55. The van der Waals surface area contributed by atoms with Gasteiger partial charge in [-0.3, -0.25) is 4.79 Å². The maximum Gasteiger partial charge on any atom is 0.490 e. The molecule has 0 spiro atoms. The summed E-state index contributed by atoms with van der Waals surface area (Å²) in [7, 11) is 0. The Morgan fingerprint density at radius 1 is 0.376 bits per heavy atom. The van der Waals surface area contributed by atoms with Gasteiger partial charge in [0.1, 0.15) is 67.1 Å². The third-order valence-corrected chi connectivity index (χ3v) is 13.7. The van der Waals surface area contributed by atoms with Crippen LogP contribution in [0, 0.1) is 0 Å². The third kappa shape index (κ3) is 39.7. The van der Waals surface area contributed by atoms with Crippen molar-refractivity contribution in [2.45, 2.75) is 257 Å². The summed E-state index contributed by atoms with van der Waals surface area (Å²) in [4.78, 5) is 66.4. The second-order valence-corrected chi connectivity index (χ2v) is 21.7. The summed E-state index contributed by atoms with van der Waals surface area (Å²) in [5.41, 5.74) is 36.5. The molecule has 0 radical (unpaired) electrons. The number of aliphatic carboxylic acids is 6. The molecule has 19 atom stereocenters. The number of halogens is 18. The second-order valence-electron chi connectivity index (χ2n) is 21.7. The molecule has 3 heterocycles. The van der Waals surface area contributed by atoms with Gasteiger partial charge in [0, 0.05) is 38.1 Å². The van der Waals surface area contributed by atoms with Gasteiger partial charge in [-0.2, -0.15) is 79.0 Å². The highest BCUT2D eigenvalue weighted by molar-refractivity contribution is 5.76. The molecule has 4 fully saturated rings. The van der Waals surface area contributed by atoms with E-state index in [2.05, 4.69) is 12.2 Å². The summed E-state index contributed by atoms with van der Waals surface area (Å²) in [5, 5.41) is 111. The largest absolute Gasteiger partial charge is 0.490 e. The number of carbonyl (C=O) groups is 7.